The smallest absolute Gasteiger partial charge is 0.267 e. The summed E-state index contributed by atoms with van der Waals surface area (Å²) in [5.74, 6) is 0.600. The summed E-state index contributed by atoms with van der Waals surface area (Å²) < 4.78 is 3.40. The number of H-pyrrole nitrogens is 1. The van der Waals surface area contributed by atoms with Crippen LogP contribution in [-0.2, 0) is 0 Å². The quantitative estimate of drug-likeness (QED) is 0.308. The molecule has 7 nitrogen and oxygen atoms in total. The maximum atomic E-state index is 13.3. The minimum absolute atomic E-state index is 0.00473. The van der Waals surface area contributed by atoms with Gasteiger partial charge in [-0.15, -0.1) is 10.2 Å². The second-order valence-corrected chi connectivity index (χ2v) is 8.51. The first-order chi connectivity index (χ1) is 16.2. The largest absolute Gasteiger partial charge is 0.360 e. The normalized spacial score (nSPS) is 11.5. The van der Waals surface area contributed by atoms with E-state index >= 15 is 0 Å². The van der Waals surface area contributed by atoms with Crippen molar-refractivity contribution in [3.05, 3.63) is 101 Å². The number of para-hydroxylation sites is 3. The number of carbonyl (C=O) groups is 1. The van der Waals surface area contributed by atoms with Gasteiger partial charge in [0.25, 0.3) is 5.56 Å². The Bertz CT molecular complexity index is 1720. The molecule has 0 saturated carbocycles. The van der Waals surface area contributed by atoms with E-state index < -0.39 is 0 Å². The highest BCUT2D eigenvalue weighted by molar-refractivity contribution is 7.99. The van der Waals surface area contributed by atoms with Gasteiger partial charge in [0, 0.05) is 22.7 Å². The van der Waals surface area contributed by atoms with Crippen LogP contribution in [0.25, 0.3) is 33.3 Å². The van der Waals surface area contributed by atoms with Gasteiger partial charge in [0.15, 0.2) is 10.9 Å². The van der Waals surface area contributed by atoms with Crippen molar-refractivity contribution in [1.82, 2.24) is 24.1 Å². The highest BCUT2D eigenvalue weighted by atomic mass is 32.2. The van der Waals surface area contributed by atoms with Crippen molar-refractivity contribution in [2.45, 2.75) is 5.16 Å². The summed E-state index contributed by atoms with van der Waals surface area (Å²) in [4.78, 5) is 29.5. The highest BCUT2D eigenvalue weighted by Crippen LogP contribution is 2.25. The summed E-state index contributed by atoms with van der Waals surface area (Å²) in [6, 6.07) is 24.5. The molecule has 0 aliphatic rings. The van der Waals surface area contributed by atoms with Crippen LogP contribution in [0, 0.1) is 0 Å². The van der Waals surface area contributed by atoms with Crippen molar-refractivity contribution in [3.63, 3.8) is 0 Å². The highest BCUT2D eigenvalue weighted by Gasteiger charge is 2.19. The van der Waals surface area contributed by atoms with Gasteiger partial charge in [0.1, 0.15) is 0 Å². The number of hydrogen-bond donors (Lipinski definition) is 1. The van der Waals surface area contributed by atoms with Crippen molar-refractivity contribution in [2.24, 2.45) is 0 Å². The van der Waals surface area contributed by atoms with Gasteiger partial charge >= 0.3 is 0 Å². The maximum absolute atomic E-state index is 13.3. The van der Waals surface area contributed by atoms with Gasteiger partial charge < -0.3 is 4.98 Å². The molecular weight excluding hydrogens is 434 g/mol. The van der Waals surface area contributed by atoms with E-state index in [1.165, 1.54) is 11.8 Å². The molecule has 0 amide bonds. The molecule has 160 valence electrons. The number of thioether (sulfide) groups is 1. The molecule has 8 heteroatoms. The van der Waals surface area contributed by atoms with Crippen molar-refractivity contribution >= 4 is 45.1 Å². The molecule has 3 heterocycles. The molecule has 6 aromatic rings. The van der Waals surface area contributed by atoms with Gasteiger partial charge in [-0.1, -0.05) is 60.3 Å². The van der Waals surface area contributed by atoms with Crippen LogP contribution < -0.4 is 5.56 Å². The average molecular weight is 452 g/mol. The lowest BCUT2D eigenvalue weighted by atomic mass is 10.1. The number of nitrogens with one attached hydrogen (secondary N) is 1. The first kappa shape index (κ1) is 19.5. The molecule has 0 atom stereocenters. The number of nitrogens with zero attached hydrogens (tertiary/aromatic N) is 4. The minimum Gasteiger partial charge on any atom is -0.360 e. The SMILES string of the molecule is O=C(CSc1nnc2n(-c3ccccc3)c(=O)c3ccccc3n12)c1c[nH]c2ccccc12. The summed E-state index contributed by atoms with van der Waals surface area (Å²) in [5.41, 5.74) is 2.83. The molecule has 0 fully saturated rings. The van der Waals surface area contributed by atoms with Crippen molar-refractivity contribution in [3.8, 4) is 5.69 Å². The van der Waals surface area contributed by atoms with Gasteiger partial charge in [0.2, 0.25) is 5.78 Å². The number of fused-ring (bicyclic) bond motifs is 4. The molecular formula is C25H17N5O2S. The van der Waals surface area contributed by atoms with Crippen molar-refractivity contribution in [2.75, 3.05) is 5.75 Å². The predicted molar refractivity (Wildman–Crippen MR) is 129 cm³/mol. The number of ketones is 1. The lowest BCUT2D eigenvalue weighted by Crippen LogP contribution is -2.21. The molecule has 0 saturated heterocycles. The van der Waals surface area contributed by atoms with Crippen LogP contribution in [0.3, 0.4) is 0 Å². The molecule has 0 spiro atoms. The van der Waals surface area contributed by atoms with Gasteiger partial charge in [-0.05, 0) is 30.3 Å². The van der Waals surface area contributed by atoms with E-state index in [1.807, 2.05) is 77.2 Å². The lowest BCUT2D eigenvalue weighted by molar-refractivity contribution is 0.102. The molecule has 0 bridgehead atoms. The van der Waals surface area contributed by atoms with Gasteiger partial charge in [-0.2, -0.15) is 0 Å². The standard InChI is InChI=1S/C25H17N5O2S/c31-22(19-14-26-20-12-6-4-10-17(19)20)15-33-25-28-27-24-29(16-8-2-1-3-9-16)23(32)18-11-5-7-13-21(18)30(24)25/h1-14,26H,15H2. The Morgan fingerprint density at radius 1 is 0.879 bits per heavy atom. The second kappa shape index (κ2) is 7.75. The first-order valence-corrected chi connectivity index (χ1v) is 11.4. The minimum atomic E-state index is -0.164. The van der Waals surface area contributed by atoms with Crippen LogP contribution in [0.4, 0.5) is 0 Å². The number of Topliss-reactive ketones (excluding diaryl/α,β-unsaturated/α-hetero) is 1. The summed E-state index contributed by atoms with van der Waals surface area (Å²) >= 11 is 1.31. The predicted octanol–water partition coefficient (Wildman–Crippen LogP) is 4.49. The Balaban J connectivity index is 1.46. The summed E-state index contributed by atoms with van der Waals surface area (Å²) in [6.07, 6.45) is 1.75. The number of benzene rings is 3. The molecule has 1 N–H and O–H groups in total. The second-order valence-electron chi connectivity index (χ2n) is 7.57. The van der Waals surface area contributed by atoms with E-state index in [4.69, 9.17) is 0 Å². The lowest BCUT2D eigenvalue weighted by Gasteiger charge is -2.11. The van der Waals surface area contributed by atoms with Gasteiger partial charge in [0.05, 0.1) is 22.3 Å². The Morgan fingerprint density at radius 2 is 1.61 bits per heavy atom. The van der Waals surface area contributed by atoms with Crippen LogP contribution in [0.1, 0.15) is 10.4 Å². The van der Waals surface area contributed by atoms with E-state index in [0.717, 1.165) is 10.9 Å². The number of hydrogen-bond acceptors (Lipinski definition) is 5. The summed E-state index contributed by atoms with van der Waals surface area (Å²) in [5, 5.41) is 10.7. The zero-order valence-corrected chi connectivity index (χ0v) is 18.1. The number of rotatable bonds is 5. The van der Waals surface area contributed by atoms with Crippen molar-refractivity contribution in [1.29, 1.82) is 0 Å². The number of aromatic amines is 1. The van der Waals surface area contributed by atoms with Crippen LogP contribution in [-0.4, -0.2) is 35.7 Å². The fourth-order valence-corrected chi connectivity index (χ4v) is 4.92. The molecule has 0 radical (unpaired) electrons. The Kier molecular flexibility index (Phi) is 4.58. The first-order valence-electron chi connectivity index (χ1n) is 10.4. The summed E-state index contributed by atoms with van der Waals surface area (Å²) in [6.45, 7) is 0. The molecule has 0 aliphatic heterocycles. The van der Waals surface area contributed by atoms with E-state index in [2.05, 4.69) is 15.2 Å². The van der Waals surface area contributed by atoms with Crippen molar-refractivity contribution < 1.29 is 4.79 Å². The van der Waals surface area contributed by atoms with Gasteiger partial charge in [-0.25, -0.2) is 4.57 Å². The topological polar surface area (TPSA) is 85.0 Å². The van der Waals surface area contributed by atoms with E-state index in [1.54, 1.807) is 16.8 Å². The average Bonchev–Trinajstić information content (AvgIpc) is 3.48. The third kappa shape index (κ3) is 3.15. The fraction of sp³-hybridized carbons (Fsp3) is 0.0400. The Labute approximate surface area is 191 Å². The van der Waals surface area contributed by atoms with E-state index in [0.29, 0.717) is 33.1 Å². The maximum Gasteiger partial charge on any atom is 0.267 e. The third-order valence-corrected chi connectivity index (χ3v) is 6.56. The zero-order chi connectivity index (χ0) is 22.4. The Morgan fingerprint density at radius 3 is 2.45 bits per heavy atom. The molecule has 0 aliphatic carbocycles. The van der Waals surface area contributed by atoms with Crippen LogP contribution in [0.2, 0.25) is 0 Å². The van der Waals surface area contributed by atoms with Gasteiger partial charge in [-0.3, -0.25) is 14.0 Å². The monoisotopic (exact) mass is 451 g/mol. The zero-order valence-electron chi connectivity index (χ0n) is 17.3. The van der Waals surface area contributed by atoms with Crippen LogP contribution in [0.5, 0.6) is 0 Å². The number of aromatic nitrogens is 5. The molecule has 33 heavy (non-hydrogen) atoms. The Hall–Kier alpha value is -4.17. The van der Waals surface area contributed by atoms with E-state index in [9.17, 15) is 9.59 Å². The van der Waals surface area contributed by atoms with E-state index in [-0.39, 0.29) is 17.1 Å². The molecule has 6 rings (SSSR count). The van der Waals surface area contributed by atoms with Crippen LogP contribution >= 0.6 is 11.8 Å². The number of carbonyl (C=O) groups excluding carboxylic acids is 1. The molecule has 3 aromatic carbocycles. The summed E-state index contributed by atoms with van der Waals surface area (Å²) in [7, 11) is 0. The molecule has 3 aromatic heterocycles. The fourth-order valence-electron chi connectivity index (χ4n) is 4.09. The third-order valence-electron chi connectivity index (χ3n) is 5.63. The molecule has 0 unspecified atom stereocenters. The van der Waals surface area contributed by atoms with Crippen LogP contribution in [0.15, 0.2) is 95.0 Å².